The maximum Gasteiger partial charge on any atom is 0.243 e. The summed E-state index contributed by atoms with van der Waals surface area (Å²) in [6, 6.07) is 7.41. The van der Waals surface area contributed by atoms with E-state index in [-0.39, 0.29) is 6.04 Å². The highest BCUT2D eigenvalue weighted by Crippen LogP contribution is 2.21. The molecule has 0 radical (unpaired) electrons. The molecule has 25 heavy (non-hydrogen) atoms. The maximum absolute atomic E-state index is 13.0. The van der Waals surface area contributed by atoms with E-state index in [1.54, 1.807) is 23.5 Å². The van der Waals surface area contributed by atoms with Crippen molar-refractivity contribution in [3.05, 3.63) is 29.8 Å². The predicted molar refractivity (Wildman–Crippen MR) is 101 cm³/mol. The van der Waals surface area contributed by atoms with Crippen molar-refractivity contribution >= 4 is 16.0 Å². The van der Waals surface area contributed by atoms with Gasteiger partial charge < -0.3 is 15.5 Å². The van der Waals surface area contributed by atoms with E-state index in [1.165, 1.54) is 0 Å². The quantitative estimate of drug-likeness (QED) is 0.592. The smallest absolute Gasteiger partial charge is 0.243 e. The highest BCUT2D eigenvalue weighted by Gasteiger charge is 2.29. The second-order valence-electron chi connectivity index (χ2n) is 6.54. The highest BCUT2D eigenvalue weighted by molar-refractivity contribution is 7.89. The molecule has 0 unspecified atom stereocenters. The predicted octanol–water partition coefficient (Wildman–Crippen LogP) is 0.696. The van der Waals surface area contributed by atoms with Crippen molar-refractivity contribution in [3.8, 4) is 0 Å². The molecule has 8 heteroatoms. The SMILES string of the molecule is CN=C(NCc1ccccc1S(=O)(=O)N1CCN(C)CC1)NC(C)C. The molecule has 0 atom stereocenters. The summed E-state index contributed by atoms with van der Waals surface area (Å²) in [5.41, 5.74) is 0.744. The van der Waals surface area contributed by atoms with Gasteiger partial charge in [0.1, 0.15) is 0 Å². The van der Waals surface area contributed by atoms with Gasteiger partial charge in [0, 0.05) is 45.8 Å². The summed E-state index contributed by atoms with van der Waals surface area (Å²) in [4.78, 5) is 6.67. The number of benzene rings is 1. The van der Waals surface area contributed by atoms with E-state index in [9.17, 15) is 8.42 Å². The van der Waals surface area contributed by atoms with E-state index in [0.29, 0.717) is 30.5 Å². The van der Waals surface area contributed by atoms with Crippen molar-refractivity contribution in [2.24, 2.45) is 4.99 Å². The molecule has 0 amide bonds. The molecule has 1 fully saturated rings. The maximum atomic E-state index is 13.0. The Morgan fingerprint density at radius 2 is 1.84 bits per heavy atom. The van der Waals surface area contributed by atoms with Crippen LogP contribution in [0, 0.1) is 0 Å². The average molecular weight is 368 g/mol. The zero-order valence-electron chi connectivity index (χ0n) is 15.5. The molecule has 0 spiro atoms. The minimum absolute atomic E-state index is 0.246. The first-order valence-corrected chi connectivity index (χ1v) is 10.0. The molecule has 1 aromatic rings. The molecule has 7 nitrogen and oxygen atoms in total. The van der Waals surface area contributed by atoms with Crippen LogP contribution in [-0.4, -0.2) is 69.9 Å². The Morgan fingerprint density at radius 1 is 1.20 bits per heavy atom. The van der Waals surface area contributed by atoms with Gasteiger partial charge in [0.2, 0.25) is 10.0 Å². The third-order valence-electron chi connectivity index (χ3n) is 4.15. The fourth-order valence-electron chi connectivity index (χ4n) is 2.72. The van der Waals surface area contributed by atoms with Crippen LogP contribution in [-0.2, 0) is 16.6 Å². The lowest BCUT2D eigenvalue weighted by Crippen LogP contribution is -2.47. The lowest BCUT2D eigenvalue weighted by Gasteiger charge is -2.32. The van der Waals surface area contributed by atoms with Gasteiger partial charge in [0.05, 0.1) is 4.90 Å². The summed E-state index contributed by atoms with van der Waals surface area (Å²) in [5.74, 6) is 0.654. The molecular weight excluding hydrogens is 338 g/mol. The zero-order chi connectivity index (χ0) is 18.4. The molecule has 1 aliphatic rings. The standard InChI is InChI=1S/C17H29N5O2S/c1-14(2)20-17(18-3)19-13-15-7-5-6-8-16(15)25(23,24)22-11-9-21(4)10-12-22/h5-8,14H,9-13H2,1-4H3,(H2,18,19,20). The van der Waals surface area contributed by atoms with Crippen LogP contribution in [0.4, 0.5) is 0 Å². The molecule has 1 aromatic carbocycles. The number of likely N-dealkylation sites (N-methyl/N-ethyl adjacent to an activating group) is 1. The van der Waals surface area contributed by atoms with E-state index in [4.69, 9.17) is 0 Å². The van der Waals surface area contributed by atoms with Gasteiger partial charge in [-0.05, 0) is 32.5 Å². The van der Waals surface area contributed by atoms with Crippen molar-refractivity contribution in [2.45, 2.75) is 31.3 Å². The van der Waals surface area contributed by atoms with Gasteiger partial charge in [-0.2, -0.15) is 4.31 Å². The fraction of sp³-hybridized carbons (Fsp3) is 0.588. The van der Waals surface area contributed by atoms with Gasteiger partial charge in [0.15, 0.2) is 5.96 Å². The first-order valence-electron chi connectivity index (χ1n) is 8.58. The van der Waals surface area contributed by atoms with Crippen LogP contribution < -0.4 is 10.6 Å². The van der Waals surface area contributed by atoms with Crippen LogP contribution in [0.15, 0.2) is 34.2 Å². The number of nitrogens with one attached hydrogen (secondary N) is 2. The van der Waals surface area contributed by atoms with Crippen molar-refractivity contribution in [1.82, 2.24) is 19.8 Å². The van der Waals surface area contributed by atoms with Crippen LogP contribution in [0.5, 0.6) is 0 Å². The number of hydrogen-bond donors (Lipinski definition) is 2. The Balaban J connectivity index is 2.17. The molecule has 0 bridgehead atoms. The molecule has 0 aromatic heterocycles. The summed E-state index contributed by atoms with van der Waals surface area (Å²) in [6.45, 7) is 7.01. The number of rotatable bonds is 5. The summed E-state index contributed by atoms with van der Waals surface area (Å²) in [7, 11) is 0.221. The molecular formula is C17H29N5O2S. The van der Waals surface area contributed by atoms with E-state index in [0.717, 1.165) is 18.7 Å². The third-order valence-corrected chi connectivity index (χ3v) is 6.15. The van der Waals surface area contributed by atoms with Crippen LogP contribution >= 0.6 is 0 Å². The Morgan fingerprint density at radius 3 is 2.44 bits per heavy atom. The zero-order valence-corrected chi connectivity index (χ0v) is 16.3. The van der Waals surface area contributed by atoms with Crippen LogP contribution in [0.25, 0.3) is 0 Å². The summed E-state index contributed by atoms with van der Waals surface area (Å²) < 4.78 is 27.7. The normalized spacial score (nSPS) is 17.7. The Hall–Kier alpha value is -1.64. The van der Waals surface area contributed by atoms with Gasteiger partial charge in [0.25, 0.3) is 0 Å². The lowest BCUT2D eigenvalue weighted by molar-refractivity contribution is 0.222. The van der Waals surface area contributed by atoms with E-state index in [2.05, 4.69) is 20.5 Å². The molecule has 0 aliphatic carbocycles. The van der Waals surface area contributed by atoms with Gasteiger partial charge in [-0.25, -0.2) is 8.42 Å². The van der Waals surface area contributed by atoms with Crippen molar-refractivity contribution in [2.75, 3.05) is 40.3 Å². The Kier molecular flexibility index (Phi) is 6.80. The molecule has 0 saturated carbocycles. The summed E-state index contributed by atoms with van der Waals surface area (Å²) in [5, 5.41) is 6.39. The number of nitrogens with zero attached hydrogens (tertiary/aromatic N) is 3. The fourth-order valence-corrected chi connectivity index (χ4v) is 4.36. The first kappa shape index (κ1) is 19.7. The van der Waals surface area contributed by atoms with Crippen LogP contribution in [0.3, 0.4) is 0 Å². The molecule has 2 rings (SSSR count). The second kappa shape index (κ2) is 8.64. The van der Waals surface area contributed by atoms with Gasteiger partial charge in [-0.3, -0.25) is 4.99 Å². The number of guanidine groups is 1. The number of aliphatic imine (C=N–C) groups is 1. The van der Waals surface area contributed by atoms with Gasteiger partial charge in [-0.15, -0.1) is 0 Å². The van der Waals surface area contributed by atoms with Gasteiger partial charge >= 0.3 is 0 Å². The summed E-state index contributed by atoms with van der Waals surface area (Å²) >= 11 is 0. The van der Waals surface area contributed by atoms with Gasteiger partial charge in [-0.1, -0.05) is 18.2 Å². The lowest BCUT2D eigenvalue weighted by atomic mass is 10.2. The highest BCUT2D eigenvalue weighted by atomic mass is 32.2. The molecule has 1 heterocycles. The van der Waals surface area contributed by atoms with Crippen molar-refractivity contribution < 1.29 is 8.42 Å². The Bertz CT molecular complexity index is 695. The van der Waals surface area contributed by atoms with E-state index in [1.807, 2.05) is 33.0 Å². The van der Waals surface area contributed by atoms with Crippen molar-refractivity contribution in [1.29, 1.82) is 0 Å². The molecule has 2 N–H and O–H groups in total. The number of hydrogen-bond acceptors (Lipinski definition) is 4. The third kappa shape index (κ3) is 5.17. The molecule has 1 aliphatic heterocycles. The second-order valence-corrected chi connectivity index (χ2v) is 8.45. The van der Waals surface area contributed by atoms with E-state index >= 15 is 0 Å². The average Bonchev–Trinajstić information content (AvgIpc) is 2.59. The number of sulfonamides is 1. The van der Waals surface area contributed by atoms with Crippen LogP contribution in [0.1, 0.15) is 19.4 Å². The van der Waals surface area contributed by atoms with E-state index < -0.39 is 10.0 Å². The first-order chi connectivity index (χ1) is 11.8. The monoisotopic (exact) mass is 367 g/mol. The minimum Gasteiger partial charge on any atom is -0.354 e. The van der Waals surface area contributed by atoms with Crippen LogP contribution in [0.2, 0.25) is 0 Å². The Labute approximate surface area is 151 Å². The summed E-state index contributed by atoms with van der Waals surface area (Å²) in [6.07, 6.45) is 0. The number of piperazine rings is 1. The topological polar surface area (TPSA) is 77.0 Å². The minimum atomic E-state index is -3.49. The molecule has 140 valence electrons. The molecule has 1 saturated heterocycles. The largest absolute Gasteiger partial charge is 0.354 e. The van der Waals surface area contributed by atoms with Crippen molar-refractivity contribution in [3.63, 3.8) is 0 Å².